The van der Waals surface area contributed by atoms with E-state index in [9.17, 15) is 0 Å². The van der Waals surface area contributed by atoms with E-state index in [4.69, 9.17) is 4.74 Å². The first-order valence-electron chi connectivity index (χ1n) is 26.0. The van der Waals surface area contributed by atoms with Crippen molar-refractivity contribution in [1.82, 2.24) is 4.57 Å². The van der Waals surface area contributed by atoms with E-state index in [0.717, 1.165) is 45.5 Å². The molecule has 2 aliphatic rings. The molecule has 0 bridgehead atoms. The van der Waals surface area contributed by atoms with Crippen LogP contribution in [0.3, 0.4) is 0 Å². The average Bonchev–Trinajstić information content (AvgIpc) is 3.62. The van der Waals surface area contributed by atoms with Crippen LogP contribution in [0.25, 0.3) is 32.9 Å². The van der Waals surface area contributed by atoms with Gasteiger partial charge in [0, 0.05) is 46.1 Å². The molecule has 4 nitrogen and oxygen atoms in total. The fraction of sp³-hybridized carbons (Fsp3) is 0.284. The van der Waals surface area contributed by atoms with Crippen molar-refractivity contribution in [2.75, 3.05) is 9.80 Å². The predicted octanol–water partition coefficient (Wildman–Crippen LogP) is 16.7. The van der Waals surface area contributed by atoms with E-state index in [1.165, 1.54) is 82.8 Å². The number of rotatable bonds is 5. The quantitative estimate of drug-likeness (QED) is 0.160. The lowest BCUT2D eigenvalue weighted by atomic mass is 9.33. The van der Waals surface area contributed by atoms with Crippen LogP contribution in [0.5, 0.6) is 11.5 Å². The number of hydrogen-bond donors (Lipinski definition) is 0. The Morgan fingerprint density at radius 3 is 1.56 bits per heavy atom. The van der Waals surface area contributed by atoms with Crippen LogP contribution in [-0.2, 0) is 28.7 Å². The lowest BCUT2D eigenvalue weighted by Crippen LogP contribution is -2.60. The smallest absolute Gasteiger partial charge is 0.256 e. The predicted molar refractivity (Wildman–Crippen MR) is 311 cm³/mol. The Hall–Kier alpha value is -6.98. The Bertz CT molecular complexity index is 3550. The van der Waals surface area contributed by atoms with Gasteiger partial charge in [-0.25, -0.2) is 0 Å². The average molecular weight is 944 g/mol. The van der Waals surface area contributed by atoms with Crippen molar-refractivity contribution in [2.24, 2.45) is 7.05 Å². The molecule has 9 aromatic rings. The Morgan fingerprint density at radius 2 is 0.972 bits per heavy atom. The number of aromatic nitrogens is 1. The zero-order valence-corrected chi connectivity index (χ0v) is 45.3. The summed E-state index contributed by atoms with van der Waals surface area (Å²) >= 11 is 0. The van der Waals surface area contributed by atoms with Gasteiger partial charge in [-0.15, -0.1) is 0 Å². The highest BCUT2D eigenvalue weighted by molar-refractivity contribution is 6.99. The molecule has 5 heteroatoms. The molecule has 2 aliphatic heterocycles. The van der Waals surface area contributed by atoms with Gasteiger partial charge in [0.05, 0.1) is 16.9 Å². The minimum absolute atomic E-state index is 0.0241. The normalized spacial score (nSPS) is 13.5. The van der Waals surface area contributed by atoms with Gasteiger partial charge in [0.15, 0.2) is 0 Å². The van der Waals surface area contributed by atoms with Crippen molar-refractivity contribution in [2.45, 2.75) is 119 Å². The molecule has 0 fully saturated rings. The van der Waals surface area contributed by atoms with Gasteiger partial charge < -0.3 is 19.1 Å². The first-order chi connectivity index (χ1) is 34.0. The summed E-state index contributed by atoms with van der Waals surface area (Å²) in [6.45, 7) is 32.0. The van der Waals surface area contributed by atoms with Crippen molar-refractivity contribution < 1.29 is 4.74 Å². The maximum atomic E-state index is 7.24. The molecule has 0 unspecified atom stereocenters. The van der Waals surface area contributed by atoms with Crippen LogP contribution in [0.15, 0.2) is 152 Å². The van der Waals surface area contributed by atoms with Crippen LogP contribution >= 0.6 is 0 Å². The van der Waals surface area contributed by atoms with Crippen molar-refractivity contribution in [3.63, 3.8) is 0 Å². The van der Waals surface area contributed by atoms with Gasteiger partial charge in [-0.1, -0.05) is 179 Å². The zero-order valence-electron chi connectivity index (χ0n) is 45.3. The second-order valence-electron chi connectivity index (χ2n) is 25.0. The topological polar surface area (TPSA) is 20.6 Å². The maximum Gasteiger partial charge on any atom is 0.256 e. The van der Waals surface area contributed by atoms with Crippen molar-refractivity contribution in [3.05, 3.63) is 185 Å². The first-order valence-corrected chi connectivity index (χ1v) is 26.0. The van der Waals surface area contributed by atoms with Gasteiger partial charge in [0.2, 0.25) is 0 Å². The monoisotopic (exact) mass is 944 g/mol. The lowest BCUT2D eigenvalue weighted by Gasteiger charge is -2.41. The summed E-state index contributed by atoms with van der Waals surface area (Å²) in [5.41, 5.74) is 22.9. The third-order valence-corrected chi connectivity index (χ3v) is 15.5. The van der Waals surface area contributed by atoms with Crippen LogP contribution in [-0.4, -0.2) is 11.3 Å². The Labute approximate surface area is 429 Å². The number of fused-ring (bicyclic) bond motifs is 7. The van der Waals surface area contributed by atoms with Crippen LogP contribution in [0.4, 0.5) is 34.1 Å². The molecule has 0 spiro atoms. The second kappa shape index (κ2) is 16.5. The number of aryl methyl sites for hydroxylation is 3. The van der Waals surface area contributed by atoms with Gasteiger partial charge in [-0.3, -0.25) is 0 Å². The molecule has 0 atom stereocenters. The minimum atomic E-state index is -0.0680. The molecule has 8 aromatic carbocycles. The Balaban J connectivity index is 1.24. The number of para-hydroxylation sites is 1. The molecule has 0 saturated heterocycles. The molecule has 0 N–H and O–H groups in total. The van der Waals surface area contributed by atoms with Crippen LogP contribution < -0.4 is 30.9 Å². The van der Waals surface area contributed by atoms with E-state index >= 15 is 0 Å². The lowest BCUT2D eigenvalue weighted by molar-refractivity contribution is 0.486. The number of ether oxygens (including phenoxy) is 1. The van der Waals surface area contributed by atoms with E-state index < -0.39 is 0 Å². The summed E-state index contributed by atoms with van der Waals surface area (Å²) in [6, 6.07) is 58.1. The van der Waals surface area contributed by atoms with Gasteiger partial charge in [0.1, 0.15) is 11.5 Å². The standard InChI is InChI=1S/C67H70BN3O/c1-41-34-42(2)36-43(35-41)44-37-58-62-60(38-44)72-59-33-25-48(67(12,13)14)40-53(59)68(62)52-39-47(66(9,10)11)24-30-55(52)71(58)57-32-31-56(61-51-18-16-17-19-54(51)69(15)63(57)61)70(49-26-20-45(21-27-49)64(3,4)5)50-28-22-46(23-29-50)65(6,7)8/h16-40H,1-15H3. The summed E-state index contributed by atoms with van der Waals surface area (Å²) in [4.78, 5) is 5.06. The third-order valence-electron chi connectivity index (χ3n) is 15.5. The molecule has 0 saturated carbocycles. The molecular weight excluding hydrogens is 874 g/mol. The number of nitrogens with zero attached hydrogens (tertiary/aromatic N) is 3. The van der Waals surface area contributed by atoms with Gasteiger partial charge in [-0.2, -0.15) is 0 Å². The third kappa shape index (κ3) is 7.91. The molecule has 0 aliphatic carbocycles. The number of hydrogen-bond acceptors (Lipinski definition) is 3. The molecule has 0 amide bonds. The molecule has 11 rings (SSSR count). The highest BCUT2D eigenvalue weighted by Crippen LogP contribution is 2.51. The van der Waals surface area contributed by atoms with Gasteiger partial charge >= 0.3 is 0 Å². The Kier molecular flexibility index (Phi) is 10.9. The van der Waals surface area contributed by atoms with E-state index in [1.807, 2.05) is 0 Å². The SMILES string of the molecule is Cc1cc(C)cc(-c2cc3c4c(c2)N(c2ccc(N(c5ccc(C(C)(C)C)cc5)c5ccc(C(C)(C)C)cc5)c5c6ccccc6n(C)c25)c2ccc(C(C)(C)C)cc2B4c2cc(C(C)(C)C)ccc2O3)c1. The van der Waals surface area contributed by atoms with Crippen molar-refractivity contribution >= 4 is 79.0 Å². The Morgan fingerprint density at radius 1 is 0.458 bits per heavy atom. The van der Waals surface area contributed by atoms with Gasteiger partial charge in [-0.05, 0) is 152 Å². The summed E-state index contributed by atoms with van der Waals surface area (Å²) in [7, 11) is 2.25. The van der Waals surface area contributed by atoms with Gasteiger partial charge in [0.25, 0.3) is 6.71 Å². The highest BCUT2D eigenvalue weighted by Gasteiger charge is 2.44. The summed E-state index contributed by atoms with van der Waals surface area (Å²) in [5, 5.41) is 2.42. The molecular formula is C67H70BN3O. The van der Waals surface area contributed by atoms with Crippen LogP contribution in [0.1, 0.15) is 116 Å². The van der Waals surface area contributed by atoms with E-state index in [-0.39, 0.29) is 28.4 Å². The van der Waals surface area contributed by atoms with E-state index in [2.05, 4.69) is 270 Å². The number of benzene rings is 8. The second-order valence-corrected chi connectivity index (χ2v) is 25.0. The van der Waals surface area contributed by atoms with Crippen LogP contribution in [0.2, 0.25) is 0 Å². The molecule has 72 heavy (non-hydrogen) atoms. The van der Waals surface area contributed by atoms with Crippen molar-refractivity contribution in [3.8, 4) is 22.6 Å². The largest absolute Gasteiger partial charge is 0.458 e. The highest BCUT2D eigenvalue weighted by atomic mass is 16.5. The first kappa shape index (κ1) is 47.4. The fourth-order valence-corrected chi connectivity index (χ4v) is 11.5. The fourth-order valence-electron chi connectivity index (χ4n) is 11.5. The maximum absolute atomic E-state index is 7.24. The summed E-state index contributed by atoms with van der Waals surface area (Å²) in [6.07, 6.45) is 0. The van der Waals surface area contributed by atoms with Crippen molar-refractivity contribution in [1.29, 1.82) is 0 Å². The molecule has 3 heterocycles. The minimum Gasteiger partial charge on any atom is -0.458 e. The molecule has 0 radical (unpaired) electrons. The summed E-state index contributed by atoms with van der Waals surface area (Å²) in [5.74, 6) is 1.84. The van der Waals surface area contributed by atoms with E-state index in [1.54, 1.807) is 0 Å². The van der Waals surface area contributed by atoms with E-state index in [0.29, 0.717) is 0 Å². The van der Waals surface area contributed by atoms with Crippen LogP contribution in [0, 0.1) is 13.8 Å². The molecule has 1 aromatic heterocycles. The summed E-state index contributed by atoms with van der Waals surface area (Å²) < 4.78 is 9.67. The number of anilines is 6. The zero-order chi connectivity index (χ0) is 51.0. The molecule has 362 valence electrons.